The van der Waals surface area contributed by atoms with Crippen LogP contribution < -0.4 is 0 Å². The van der Waals surface area contributed by atoms with Gasteiger partial charge in [0.1, 0.15) is 0 Å². The molecule has 8 aromatic carbocycles. The fourth-order valence-corrected chi connectivity index (χ4v) is 7.45. The molecule has 0 unspecified atom stereocenters. The second-order valence-electron chi connectivity index (χ2n) is 13.3. The predicted octanol–water partition coefficient (Wildman–Crippen LogP) is 12.5. The molecule has 0 N–H and O–H groups in total. The Morgan fingerprint density at radius 3 is 1.38 bits per heavy atom. The van der Waals surface area contributed by atoms with E-state index in [1.165, 1.54) is 27.3 Å². The summed E-state index contributed by atoms with van der Waals surface area (Å²) in [4.78, 5) is 15.4. The lowest BCUT2D eigenvalue weighted by Crippen LogP contribution is -2.02. The average Bonchev–Trinajstić information content (AvgIpc) is 3.58. The Morgan fingerprint density at radius 2 is 0.755 bits per heavy atom. The zero-order valence-electron chi connectivity index (χ0n) is 28.8. The summed E-state index contributed by atoms with van der Waals surface area (Å²) in [5.74, 6) is 1.88. The largest absolute Gasteiger partial charge is 0.309 e. The molecule has 248 valence electrons. The van der Waals surface area contributed by atoms with Crippen molar-refractivity contribution in [2.45, 2.75) is 0 Å². The van der Waals surface area contributed by atoms with Gasteiger partial charge in [-0.1, -0.05) is 164 Å². The van der Waals surface area contributed by atoms with Crippen LogP contribution in [0.5, 0.6) is 0 Å². The molecule has 0 amide bonds. The molecule has 0 atom stereocenters. The molecule has 4 heteroatoms. The first kappa shape index (κ1) is 30.6. The van der Waals surface area contributed by atoms with Crippen LogP contribution in [0.1, 0.15) is 0 Å². The zero-order chi connectivity index (χ0) is 35.1. The molecule has 0 spiro atoms. The summed E-state index contributed by atoms with van der Waals surface area (Å²) in [6.07, 6.45) is 0. The minimum Gasteiger partial charge on any atom is -0.309 e. The summed E-state index contributed by atoms with van der Waals surface area (Å²) in [5.41, 5.74) is 10.8. The minimum atomic E-state index is 0.619. The van der Waals surface area contributed by atoms with E-state index in [1.807, 2.05) is 24.3 Å². The van der Waals surface area contributed by atoms with Gasteiger partial charge in [-0.2, -0.15) is 0 Å². The first-order chi connectivity index (χ1) is 26.3. The average molecular weight is 677 g/mol. The van der Waals surface area contributed by atoms with Crippen molar-refractivity contribution in [1.29, 1.82) is 0 Å². The normalized spacial score (nSPS) is 11.4. The van der Waals surface area contributed by atoms with Gasteiger partial charge < -0.3 is 4.57 Å². The number of hydrogen-bond donors (Lipinski definition) is 0. The van der Waals surface area contributed by atoms with E-state index < -0.39 is 0 Å². The smallest absolute Gasteiger partial charge is 0.164 e. The Balaban J connectivity index is 1.19. The van der Waals surface area contributed by atoms with Crippen LogP contribution in [0.4, 0.5) is 0 Å². The third-order valence-electron chi connectivity index (χ3n) is 10.0. The summed E-state index contributed by atoms with van der Waals surface area (Å²) < 4.78 is 2.38. The zero-order valence-corrected chi connectivity index (χ0v) is 28.8. The fraction of sp³-hybridized carbons (Fsp3) is 0. The van der Waals surface area contributed by atoms with E-state index in [9.17, 15) is 0 Å². The first-order valence-corrected chi connectivity index (χ1v) is 17.9. The third-order valence-corrected chi connectivity index (χ3v) is 10.0. The minimum absolute atomic E-state index is 0.619. The van der Waals surface area contributed by atoms with Crippen molar-refractivity contribution in [1.82, 2.24) is 19.5 Å². The van der Waals surface area contributed by atoms with Gasteiger partial charge in [0, 0.05) is 33.0 Å². The van der Waals surface area contributed by atoms with Crippen molar-refractivity contribution < 1.29 is 0 Å². The standard InChI is InChI=1S/C49H32N4/c1-4-14-33(15-5-1)37-26-24-34-25-27-38(31-40(34)30-37)48-50-47(36-18-8-3-9-19-36)51-49(52-48)39-28-29-41(35-16-6-2-7-17-35)46(32-39)53-44-22-12-10-20-42(44)43-21-11-13-23-45(43)53/h1-32H. The highest BCUT2D eigenvalue weighted by Crippen LogP contribution is 2.38. The maximum absolute atomic E-state index is 5.20. The number of para-hydroxylation sites is 2. The molecule has 0 fully saturated rings. The van der Waals surface area contributed by atoms with Crippen molar-refractivity contribution in [2.75, 3.05) is 0 Å². The van der Waals surface area contributed by atoms with E-state index in [2.05, 4.69) is 174 Å². The maximum Gasteiger partial charge on any atom is 0.164 e. The number of rotatable bonds is 6. The molecule has 10 aromatic rings. The lowest BCUT2D eigenvalue weighted by atomic mass is 9.99. The molecule has 0 bridgehead atoms. The van der Waals surface area contributed by atoms with Crippen molar-refractivity contribution in [3.8, 4) is 62.1 Å². The lowest BCUT2D eigenvalue weighted by Gasteiger charge is -2.16. The summed E-state index contributed by atoms with van der Waals surface area (Å²) >= 11 is 0. The van der Waals surface area contributed by atoms with E-state index in [-0.39, 0.29) is 0 Å². The number of fused-ring (bicyclic) bond motifs is 4. The second kappa shape index (κ2) is 12.9. The van der Waals surface area contributed by atoms with Gasteiger partial charge >= 0.3 is 0 Å². The first-order valence-electron chi connectivity index (χ1n) is 17.9. The molecule has 0 radical (unpaired) electrons. The molecule has 0 saturated heterocycles. The van der Waals surface area contributed by atoms with Gasteiger partial charge in [0.25, 0.3) is 0 Å². The SMILES string of the molecule is c1ccc(-c2ccc3ccc(-c4nc(-c5ccccc5)nc(-c5ccc(-c6ccccc6)c(-n6c7ccccc7c7ccccc76)c5)n4)cc3c2)cc1. The fourth-order valence-electron chi connectivity index (χ4n) is 7.45. The van der Waals surface area contributed by atoms with Crippen molar-refractivity contribution in [3.05, 3.63) is 194 Å². The third kappa shape index (κ3) is 5.54. The van der Waals surface area contributed by atoms with Gasteiger partial charge in [0.2, 0.25) is 0 Å². The van der Waals surface area contributed by atoms with Gasteiger partial charge in [-0.3, -0.25) is 0 Å². The summed E-state index contributed by atoms with van der Waals surface area (Å²) in [5, 5.41) is 4.73. The van der Waals surface area contributed by atoms with Gasteiger partial charge in [0.15, 0.2) is 17.5 Å². The number of hydrogen-bond acceptors (Lipinski definition) is 3. The Bertz CT molecular complexity index is 2880. The lowest BCUT2D eigenvalue weighted by molar-refractivity contribution is 1.07. The monoisotopic (exact) mass is 676 g/mol. The highest BCUT2D eigenvalue weighted by Gasteiger charge is 2.19. The highest BCUT2D eigenvalue weighted by molar-refractivity contribution is 6.09. The van der Waals surface area contributed by atoms with Crippen LogP contribution >= 0.6 is 0 Å². The Morgan fingerprint density at radius 1 is 0.302 bits per heavy atom. The Labute approximate surface area is 307 Å². The van der Waals surface area contributed by atoms with Crippen LogP contribution in [0.15, 0.2) is 194 Å². The van der Waals surface area contributed by atoms with Crippen LogP contribution in [0.25, 0.3) is 94.7 Å². The molecule has 10 rings (SSSR count). The van der Waals surface area contributed by atoms with Crippen LogP contribution in [-0.4, -0.2) is 19.5 Å². The van der Waals surface area contributed by atoms with E-state index in [4.69, 9.17) is 15.0 Å². The Hall–Kier alpha value is -7.17. The molecule has 0 saturated carbocycles. The van der Waals surface area contributed by atoms with Crippen LogP contribution in [0.2, 0.25) is 0 Å². The van der Waals surface area contributed by atoms with Gasteiger partial charge in [-0.05, 0) is 57.8 Å². The molecular formula is C49H32N4. The highest BCUT2D eigenvalue weighted by atomic mass is 15.0. The number of nitrogens with zero attached hydrogens (tertiary/aromatic N) is 4. The van der Waals surface area contributed by atoms with Crippen molar-refractivity contribution in [3.63, 3.8) is 0 Å². The number of aromatic nitrogens is 4. The Kier molecular flexibility index (Phi) is 7.43. The molecule has 0 aliphatic heterocycles. The van der Waals surface area contributed by atoms with E-state index in [0.29, 0.717) is 17.5 Å². The predicted molar refractivity (Wildman–Crippen MR) is 219 cm³/mol. The van der Waals surface area contributed by atoms with E-state index in [0.717, 1.165) is 49.9 Å². The topological polar surface area (TPSA) is 43.6 Å². The molecule has 2 heterocycles. The van der Waals surface area contributed by atoms with Crippen molar-refractivity contribution in [2.24, 2.45) is 0 Å². The van der Waals surface area contributed by atoms with Gasteiger partial charge in [-0.25, -0.2) is 15.0 Å². The molecule has 0 aliphatic carbocycles. The summed E-state index contributed by atoms with van der Waals surface area (Å²) in [6.45, 7) is 0. The van der Waals surface area contributed by atoms with Gasteiger partial charge in [0.05, 0.1) is 16.7 Å². The second-order valence-corrected chi connectivity index (χ2v) is 13.3. The molecular weight excluding hydrogens is 645 g/mol. The molecule has 4 nitrogen and oxygen atoms in total. The van der Waals surface area contributed by atoms with E-state index >= 15 is 0 Å². The number of benzene rings is 8. The molecule has 0 aliphatic rings. The van der Waals surface area contributed by atoms with Crippen LogP contribution in [0.3, 0.4) is 0 Å². The quantitative estimate of drug-likeness (QED) is 0.176. The van der Waals surface area contributed by atoms with Gasteiger partial charge in [-0.15, -0.1) is 0 Å². The summed E-state index contributed by atoms with van der Waals surface area (Å²) in [6, 6.07) is 68.1. The molecule has 53 heavy (non-hydrogen) atoms. The van der Waals surface area contributed by atoms with Crippen LogP contribution in [0, 0.1) is 0 Å². The van der Waals surface area contributed by atoms with E-state index in [1.54, 1.807) is 0 Å². The van der Waals surface area contributed by atoms with Crippen molar-refractivity contribution >= 4 is 32.6 Å². The van der Waals surface area contributed by atoms with Crippen LogP contribution in [-0.2, 0) is 0 Å². The summed E-state index contributed by atoms with van der Waals surface area (Å²) in [7, 11) is 0. The maximum atomic E-state index is 5.20. The molecule has 2 aromatic heterocycles.